The van der Waals surface area contributed by atoms with Gasteiger partial charge >= 0.3 is 0 Å². The lowest BCUT2D eigenvalue weighted by Crippen LogP contribution is -2.42. The van der Waals surface area contributed by atoms with Gasteiger partial charge in [0.15, 0.2) is 0 Å². The van der Waals surface area contributed by atoms with Gasteiger partial charge in [-0.1, -0.05) is 32.8 Å². The maximum Gasteiger partial charge on any atom is 0.233 e. The Kier molecular flexibility index (Phi) is 5.96. The first-order valence-electron chi connectivity index (χ1n) is 7.02. The molecule has 3 N–H and O–H groups in total. The van der Waals surface area contributed by atoms with Gasteiger partial charge in [0.25, 0.3) is 0 Å². The van der Waals surface area contributed by atoms with Crippen LogP contribution in [0.3, 0.4) is 0 Å². The van der Waals surface area contributed by atoms with Crippen molar-refractivity contribution in [1.29, 1.82) is 0 Å². The number of amides is 1. The molecule has 0 aliphatic rings. The van der Waals surface area contributed by atoms with Gasteiger partial charge in [-0.3, -0.25) is 4.79 Å². The fourth-order valence-corrected chi connectivity index (χ4v) is 2.40. The first kappa shape index (κ1) is 15.6. The summed E-state index contributed by atoms with van der Waals surface area (Å²) in [5.41, 5.74) is 6.49. The van der Waals surface area contributed by atoms with Crippen LogP contribution in [0, 0.1) is 12.3 Å². The zero-order chi connectivity index (χ0) is 14.3. The molecule has 0 aliphatic heterocycles. The number of aryl methyl sites for hydroxylation is 1. The van der Waals surface area contributed by atoms with Gasteiger partial charge in [0.2, 0.25) is 5.91 Å². The number of anilines is 1. The molecule has 0 atom stereocenters. The Balaban J connectivity index is 2.84. The van der Waals surface area contributed by atoms with Crippen LogP contribution < -0.4 is 11.1 Å². The number of aromatic nitrogens is 1. The molecule has 0 aliphatic carbocycles. The quantitative estimate of drug-likeness (QED) is 0.794. The average Bonchev–Trinajstić information content (AvgIpc) is 2.41. The molecular weight excluding hydrogens is 238 g/mol. The lowest BCUT2D eigenvalue weighted by Gasteiger charge is -2.30. The first-order chi connectivity index (χ1) is 9.07. The van der Waals surface area contributed by atoms with E-state index in [1.807, 2.05) is 19.1 Å². The van der Waals surface area contributed by atoms with E-state index in [-0.39, 0.29) is 5.91 Å². The Morgan fingerprint density at radius 3 is 2.37 bits per heavy atom. The minimum atomic E-state index is -0.462. The number of nitrogens with zero attached hydrogens (tertiary/aromatic N) is 1. The van der Waals surface area contributed by atoms with E-state index in [9.17, 15) is 4.79 Å². The Morgan fingerprint density at radius 2 is 1.95 bits per heavy atom. The van der Waals surface area contributed by atoms with E-state index in [1.54, 1.807) is 6.20 Å². The fraction of sp³-hybridized carbons (Fsp3) is 0.600. The molecule has 4 heteroatoms. The summed E-state index contributed by atoms with van der Waals surface area (Å²) >= 11 is 0. The van der Waals surface area contributed by atoms with Crippen LogP contribution >= 0.6 is 0 Å². The van der Waals surface area contributed by atoms with Gasteiger partial charge in [-0.2, -0.15) is 0 Å². The summed E-state index contributed by atoms with van der Waals surface area (Å²) < 4.78 is 0. The molecule has 1 aromatic heterocycles. The Morgan fingerprint density at radius 1 is 1.32 bits per heavy atom. The average molecular weight is 263 g/mol. The van der Waals surface area contributed by atoms with Gasteiger partial charge in [0.05, 0.1) is 5.41 Å². The molecule has 0 spiro atoms. The summed E-state index contributed by atoms with van der Waals surface area (Å²) in [6, 6.07) is 3.76. The summed E-state index contributed by atoms with van der Waals surface area (Å²) in [5, 5.41) is 2.90. The van der Waals surface area contributed by atoms with Crippen molar-refractivity contribution in [1.82, 2.24) is 4.98 Å². The van der Waals surface area contributed by atoms with Crippen molar-refractivity contribution >= 4 is 11.7 Å². The van der Waals surface area contributed by atoms with Crippen molar-refractivity contribution in [2.75, 3.05) is 11.9 Å². The third-order valence-corrected chi connectivity index (χ3v) is 3.48. The zero-order valence-corrected chi connectivity index (χ0v) is 12.2. The van der Waals surface area contributed by atoms with Crippen molar-refractivity contribution in [3.8, 4) is 0 Å². The van der Waals surface area contributed by atoms with Crippen LogP contribution in [0.1, 0.15) is 45.1 Å². The molecule has 0 radical (unpaired) electrons. The molecule has 1 rings (SSSR count). The second kappa shape index (κ2) is 7.24. The topological polar surface area (TPSA) is 68.0 Å². The van der Waals surface area contributed by atoms with Crippen LogP contribution in [0.2, 0.25) is 0 Å². The largest absolute Gasteiger partial charge is 0.329 e. The predicted molar refractivity (Wildman–Crippen MR) is 78.9 cm³/mol. The van der Waals surface area contributed by atoms with Crippen molar-refractivity contribution in [3.05, 3.63) is 23.9 Å². The molecule has 0 unspecified atom stereocenters. The molecule has 106 valence electrons. The molecule has 0 saturated heterocycles. The highest BCUT2D eigenvalue weighted by Crippen LogP contribution is 2.30. The number of rotatable bonds is 7. The van der Waals surface area contributed by atoms with Gasteiger partial charge < -0.3 is 11.1 Å². The van der Waals surface area contributed by atoms with E-state index in [4.69, 9.17) is 5.73 Å². The predicted octanol–water partition coefficient (Wildman–Crippen LogP) is 2.87. The molecule has 0 bridgehead atoms. The smallest absolute Gasteiger partial charge is 0.233 e. The maximum atomic E-state index is 12.5. The maximum absolute atomic E-state index is 12.5. The summed E-state index contributed by atoms with van der Waals surface area (Å²) in [5.74, 6) is 0.593. The minimum absolute atomic E-state index is 0.00458. The summed E-state index contributed by atoms with van der Waals surface area (Å²) in [6.45, 7) is 6.51. The van der Waals surface area contributed by atoms with E-state index >= 15 is 0 Å². The second-order valence-electron chi connectivity index (χ2n) is 5.16. The van der Waals surface area contributed by atoms with Crippen LogP contribution in [0.5, 0.6) is 0 Å². The molecule has 19 heavy (non-hydrogen) atoms. The number of carbonyl (C=O) groups is 1. The van der Waals surface area contributed by atoms with E-state index in [0.29, 0.717) is 12.4 Å². The number of carbonyl (C=O) groups excluding carboxylic acids is 1. The van der Waals surface area contributed by atoms with Crippen LogP contribution in [0.15, 0.2) is 18.3 Å². The lowest BCUT2D eigenvalue weighted by molar-refractivity contribution is -0.126. The SMILES string of the molecule is CCCC(CN)(CCC)C(=O)Nc1ccc(C)cn1. The summed E-state index contributed by atoms with van der Waals surface area (Å²) in [6.07, 6.45) is 5.28. The third kappa shape index (κ3) is 4.03. The molecule has 0 aromatic carbocycles. The van der Waals surface area contributed by atoms with E-state index in [2.05, 4.69) is 24.1 Å². The standard InChI is InChI=1S/C15H25N3O/c1-4-8-15(11-16,9-5-2)14(19)18-13-7-6-12(3)10-17-13/h6-7,10H,4-5,8-9,11,16H2,1-3H3,(H,17,18,19). The number of pyridine rings is 1. The second-order valence-corrected chi connectivity index (χ2v) is 5.16. The van der Waals surface area contributed by atoms with Gasteiger partial charge in [0.1, 0.15) is 5.82 Å². The number of nitrogens with two attached hydrogens (primary N) is 1. The van der Waals surface area contributed by atoms with Crippen LogP contribution in [-0.4, -0.2) is 17.4 Å². The fourth-order valence-electron chi connectivity index (χ4n) is 2.40. The van der Waals surface area contributed by atoms with Crippen molar-refractivity contribution in [2.24, 2.45) is 11.1 Å². The van der Waals surface area contributed by atoms with Gasteiger partial charge in [-0.15, -0.1) is 0 Å². The Bertz CT molecular complexity index is 394. The highest BCUT2D eigenvalue weighted by Gasteiger charge is 2.35. The third-order valence-electron chi connectivity index (χ3n) is 3.48. The van der Waals surface area contributed by atoms with Crippen molar-refractivity contribution < 1.29 is 4.79 Å². The molecule has 0 saturated carbocycles. The molecule has 0 fully saturated rings. The monoisotopic (exact) mass is 263 g/mol. The van der Waals surface area contributed by atoms with Crippen LogP contribution in [-0.2, 0) is 4.79 Å². The molecule has 4 nitrogen and oxygen atoms in total. The number of nitrogens with one attached hydrogen (secondary N) is 1. The van der Waals surface area contributed by atoms with Gasteiger partial charge in [0, 0.05) is 12.7 Å². The first-order valence-corrected chi connectivity index (χ1v) is 7.02. The van der Waals surface area contributed by atoms with Gasteiger partial charge in [-0.05, 0) is 31.4 Å². The van der Waals surface area contributed by atoms with E-state index in [0.717, 1.165) is 31.2 Å². The summed E-state index contributed by atoms with van der Waals surface area (Å²) in [7, 11) is 0. The van der Waals surface area contributed by atoms with Crippen LogP contribution in [0.25, 0.3) is 0 Å². The van der Waals surface area contributed by atoms with E-state index < -0.39 is 5.41 Å². The molecule has 1 aromatic rings. The highest BCUT2D eigenvalue weighted by atomic mass is 16.2. The molecule has 1 amide bonds. The Hall–Kier alpha value is -1.42. The van der Waals surface area contributed by atoms with Crippen molar-refractivity contribution in [2.45, 2.75) is 46.5 Å². The molecular formula is C15H25N3O. The number of hydrogen-bond acceptors (Lipinski definition) is 3. The normalized spacial score (nSPS) is 11.4. The Labute approximate surface area is 115 Å². The van der Waals surface area contributed by atoms with Crippen molar-refractivity contribution in [3.63, 3.8) is 0 Å². The highest BCUT2D eigenvalue weighted by molar-refractivity contribution is 5.94. The lowest BCUT2D eigenvalue weighted by atomic mass is 9.78. The van der Waals surface area contributed by atoms with E-state index in [1.165, 1.54) is 0 Å². The molecule has 1 heterocycles. The minimum Gasteiger partial charge on any atom is -0.329 e. The summed E-state index contributed by atoms with van der Waals surface area (Å²) in [4.78, 5) is 16.7. The number of hydrogen-bond donors (Lipinski definition) is 2. The van der Waals surface area contributed by atoms with Gasteiger partial charge in [-0.25, -0.2) is 4.98 Å². The van der Waals surface area contributed by atoms with Crippen LogP contribution in [0.4, 0.5) is 5.82 Å². The zero-order valence-electron chi connectivity index (χ0n) is 12.2.